The third-order valence-electron chi connectivity index (χ3n) is 2.98. The Morgan fingerprint density at radius 1 is 1.24 bits per heavy atom. The molecule has 0 heterocycles. The summed E-state index contributed by atoms with van der Waals surface area (Å²) in [6.07, 6.45) is 1.93. The topological polar surface area (TPSA) is 29.1 Å². The highest BCUT2D eigenvalue weighted by molar-refractivity contribution is 9.09. The van der Waals surface area contributed by atoms with Crippen molar-refractivity contribution < 1.29 is 9.18 Å². The molecule has 0 fully saturated rings. The van der Waals surface area contributed by atoms with Gasteiger partial charge in [0.2, 0.25) is 0 Å². The number of amides is 1. The van der Waals surface area contributed by atoms with Crippen molar-refractivity contribution >= 4 is 39.1 Å². The van der Waals surface area contributed by atoms with E-state index in [9.17, 15) is 9.18 Å². The molecule has 0 aliphatic rings. The van der Waals surface area contributed by atoms with Gasteiger partial charge in [0.15, 0.2) is 5.82 Å². The zero-order valence-corrected chi connectivity index (χ0v) is 13.5. The average Bonchev–Trinajstić information content (AvgIpc) is 2.48. The van der Waals surface area contributed by atoms with Gasteiger partial charge in [-0.1, -0.05) is 45.7 Å². The van der Waals surface area contributed by atoms with Gasteiger partial charge in [0, 0.05) is 11.0 Å². The first-order valence-electron chi connectivity index (χ1n) is 6.52. The summed E-state index contributed by atoms with van der Waals surface area (Å²) in [7, 11) is 0. The number of hydrogen-bond donors (Lipinski definition) is 1. The molecule has 1 amide bonds. The predicted octanol–water partition coefficient (Wildman–Crippen LogP) is 5.06. The van der Waals surface area contributed by atoms with Crippen LogP contribution in [0.2, 0.25) is 5.02 Å². The molecule has 0 aromatic heterocycles. The van der Waals surface area contributed by atoms with E-state index in [1.165, 1.54) is 12.1 Å². The molecule has 1 N–H and O–H groups in total. The number of carbonyl (C=O) groups excluding carboxylic acids is 1. The first-order chi connectivity index (χ1) is 10.1. The van der Waals surface area contributed by atoms with Crippen molar-refractivity contribution in [1.29, 1.82) is 0 Å². The van der Waals surface area contributed by atoms with E-state index in [2.05, 4.69) is 21.2 Å². The Labute approximate surface area is 136 Å². The molecule has 0 spiro atoms. The SMILES string of the molecule is O=C(Nc1cccc(CCCBr)c1)c1cccc(Cl)c1F. The Balaban J connectivity index is 2.14. The van der Waals surface area contributed by atoms with Crippen molar-refractivity contribution in [3.05, 3.63) is 64.4 Å². The third-order valence-corrected chi connectivity index (χ3v) is 3.83. The van der Waals surface area contributed by atoms with E-state index in [-0.39, 0.29) is 10.6 Å². The molecule has 2 aromatic rings. The highest BCUT2D eigenvalue weighted by Crippen LogP contribution is 2.20. The zero-order chi connectivity index (χ0) is 15.2. The van der Waals surface area contributed by atoms with Gasteiger partial charge in [0.05, 0.1) is 10.6 Å². The van der Waals surface area contributed by atoms with Crippen molar-refractivity contribution in [3.8, 4) is 0 Å². The smallest absolute Gasteiger partial charge is 0.258 e. The Morgan fingerprint density at radius 3 is 2.76 bits per heavy atom. The molecule has 0 aliphatic carbocycles. The van der Waals surface area contributed by atoms with Crippen LogP contribution in [0.25, 0.3) is 0 Å². The van der Waals surface area contributed by atoms with E-state index in [4.69, 9.17) is 11.6 Å². The minimum absolute atomic E-state index is 0.0614. The lowest BCUT2D eigenvalue weighted by atomic mass is 10.1. The maximum Gasteiger partial charge on any atom is 0.258 e. The predicted molar refractivity (Wildman–Crippen MR) is 87.9 cm³/mol. The number of alkyl halides is 1. The van der Waals surface area contributed by atoms with Crippen LogP contribution < -0.4 is 5.32 Å². The van der Waals surface area contributed by atoms with Gasteiger partial charge in [0.25, 0.3) is 5.91 Å². The van der Waals surface area contributed by atoms with Crippen molar-refractivity contribution in [2.75, 3.05) is 10.6 Å². The minimum Gasteiger partial charge on any atom is -0.322 e. The van der Waals surface area contributed by atoms with Gasteiger partial charge in [-0.25, -0.2) is 4.39 Å². The number of halogens is 3. The maximum atomic E-state index is 13.8. The van der Waals surface area contributed by atoms with Crippen LogP contribution in [0.4, 0.5) is 10.1 Å². The molecular weight excluding hydrogens is 357 g/mol. The number of nitrogens with one attached hydrogen (secondary N) is 1. The van der Waals surface area contributed by atoms with Crippen LogP contribution in [0.3, 0.4) is 0 Å². The molecule has 2 aromatic carbocycles. The van der Waals surface area contributed by atoms with Crippen LogP contribution >= 0.6 is 27.5 Å². The van der Waals surface area contributed by atoms with Crippen molar-refractivity contribution in [3.63, 3.8) is 0 Å². The summed E-state index contributed by atoms with van der Waals surface area (Å²) >= 11 is 9.07. The van der Waals surface area contributed by atoms with E-state index >= 15 is 0 Å². The summed E-state index contributed by atoms with van der Waals surface area (Å²) in [4.78, 5) is 12.1. The molecule has 5 heteroatoms. The molecule has 0 bridgehead atoms. The molecule has 2 nitrogen and oxygen atoms in total. The molecule has 0 aliphatic heterocycles. The second-order valence-electron chi connectivity index (χ2n) is 4.55. The van der Waals surface area contributed by atoms with E-state index < -0.39 is 11.7 Å². The fourth-order valence-corrected chi connectivity index (χ4v) is 2.41. The summed E-state index contributed by atoms with van der Waals surface area (Å²) in [6.45, 7) is 0. The van der Waals surface area contributed by atoms with Gasteiger partial charge in [-0.15, -0.1) is 0 Å². The minimum atomic E-state index is -0.702. The number of anilines is 1. The molecule has 0 saturated heterocycles. The maximum absolute atomic E-state index is 13.8. The van der Waals surface area contributed by atoms with Crippen LogP contribution in [-0.2, 0) is 6.42 Å². The number of aryl methyl sites for hydroxylation is 1. The monoisotopic (exact) mass is 369 g/mol. The van der Waals surface area contributed by atoms with Crippen LogP contribution in [0.5, 0.6) is 0 Å². The van der Waals surface area contributed by atoms with Gasteiger partial charge in [0.1, 0.15) is 0 Å². The Morgan fingerprint density at radius 2 is 2.00 bits per heavy atom. The summed E-state index contributed by atoms with van der Waals surface area (Å²) < 4.78 is 13.8. The van der Waals surface area contributed by atoms with Crippen molar-refractivity contribution in [2.24, 2.45) is 0 Å². The second kappa shape index (κ2) is 7.57. The van der Waals surface area contributed by atoms with E-state index in [1.807, 2.05) is 18.2 Å². The van der Waals surface area contributed by atoms with Gasteiger partial charge in [-0.2, -0.15) is 0 Å². The van der Waals surface area contributed by atoms with Crippen LogP contribution in [0.15, 0.2) is 42.5 Å². The third kappa shape index (κ3) is 4.29. The highest BCUT2D eigenvalue weighted by Gasteiger charge is 2.14. The van der Waals surface area contributed by atoms with E-state index in [0.717, 1.165) is 23.7 Å². The average molecular weight is 371 g/mol. The normalized spacial score (nSPS) is 10.4. The Kier molecular flexibility index (Phi) is 5.76. The largest absolute Gasteiger partial charge is 0.322 e. The lowest BCUT2D eigenvalue weighted by Gasteiger charge is -2.08. The molecule has 0 radical (unpaired) electrons. The fourth-order valence-electron chi connectivity index (χ4n) is 1.95. The standard InChI is InChI=1S/C16H14BrClFNO/c17-9-3-5-11-4-1-6-12(10-11)20-16(21)13-7-2-8-14(18)15(13)19/h1-2,4,6-8,10H,3,5,9H2,(H,20,21). The number of carbonyl (C=O) groups is 1. The Bertz CT molecular complexity index is 648. The molecule has 0 saturated carbocycles. The van der Waals surface area contributed by atoms with Crippen molar-refractivity contribution in [2.45, 2.75) is 12.8 Å². The molecule has 110 valence electrons. The number of rotatable bonds is 5. The number of benzene rings is 2. The fraction of sp³-hybridized carbons (Fsp3) is 0.188. The van der Waals surface area contributed by atoms with Gasteiger partial charge in [-0.05, 0) is 42.7 Å². The van der Waals surface area contributed by atoms with Gasteiger partial charge >= 0.3 is 0 Å². The van der Waals surface area contributed by atoms with Gasteiger partial charge in [-0.3, -0.25) is 4.79 Å². The second-order valence-corrected chi connectivity index (χ2v) is 5.75. The summed E-state index contributed by atoms with van der Waals surface area (Å²) in [5.41, 5.74) is 1.71. The summed E-state index contributed by atoms with van der Waals surface area (Å²) in [5.74, 6) is -1.21. The van der Waals surface area contributed by atoms with Crippen LogP contribution in [0.1, 0.15) is 22.3 Å². The van der Waals surface area contributed by atoms with E-state index in [1.54, 1.807) is 12.1 Å². The van der Waals surface area contributed by atoms with Gasteiger partial charge < -0.3 is 5.32 Å². The lowest BCUT2D eigenvalue weighted by Crippen LogP contribution is -2.14. The highest BCUT2D eigenvalue weighted by atomic mass is 79.9. The molecule has 0 atom stereocenters. The van der Waals surface area contributed by atoms with Crippen molar-refractivity contribution in [1.82, 2.24) is 0 Å². The van der Waals surface area contributed by atoms with E-state index in [0.29, 0.717) is 5.69 Å². The summed E-state index contributed by atoms with van der Waals surface area (Å²) in [6, 6.07) is 11.9. The lowest BCUT2D eigenvalue weighted by molar-refractivity contribution is 0.102. The zero-order valence-electron chi connectivity index (χ0n) is 11.2. The molecule has 21 heavy (non-hydrogen) atoms. The summed E-state index contributed by atoms with van der Waals surface area (Å²) in [5, 5.41) is 3.56. The molecule has 2 rings (SSSR count). The molecular formula is C16H14BrClFNO. The quantitative estimate of drug-likeness (QED) is 0.732. The number of hydrogen-bond acceptors (Lipinski definition) is 1. The van der Waals surface area contributed by atoms with Crippen LogP contribution in [-0.4, -0.2) is 11.2 Å². The molecule has 0 unspecified atom stereocenters. The first-order valence-corrected chi connectivity index (χ1v) is 8.02. The first kappa shape index (κ1) is 16.0. The van der Waals surface area contributed by atoms with Crippen LogP contribution in [0, 0.1) is 5.82 Å². The Hall–Kier alpha value is -1.39.